The second-order valence-corrected chi connectivity index (χ2v) is 19.2. The molecule has 79 heavy (non-hydrogen) atoms. The van der Waals surface area contributed by atoms with Crippen LogP contribution >= 0.6 is 0 Å². The summed E-state index contributed by atoms with van der Waals surface area (Å²) in [6, 6.07) is 0.868. The molecule has 7 rings (SSSR count). The number of likely N-dealkylation sites (N-methyl/N-ethyl adjacent to an activating group) is 2. The minimum atomic E-state index is -5.08. The Morgan fingerprint density at radius 1 is 1.04 bits per heavy atom. The van der Waals surface area contributed by atoms with Crippen molar-refractivity contribution in [2.75, 3.05) is 47.0 Å². The number of rotatable bonds is 19. The number of aliphatic carboxylic acids is 1. The number of imide groups is 1. The van der Waals surface area contributed by atoms with Gasteiger partial charge in [-0.2, -0.15) is 0 Å². The van der Waals surface area contributed by atoms with Crippen LogP contribution in [0, 0.1) is 12.7 Å². The van der Waals surface area contributed by atoms with Crippen LogP contribution in [0.2, 0.25) is 3.98 Å². The van der Waals surface area contributed by atoms with Crippen LogP contribution in [0.15, 0.2) is 29.1 Å². The number of carbonyl (C=O) groups excluding carboxylic acids is 9. The number of carboxylic acid groups (broad SMARTS) is 1. The summed E-state index contributed by atoms with van der Waals surface area (Å²) in [6.45, 7) is 5.80. The van der Waals surface area contributed by atoms with E-state index in [0.717, 1.165) is 46.8 Å². The maximum absolute atomic E-state index is 15.2. The number of hydrogen-bond donors (Lipinski definition) is 7. The van der Waals surface area contributed by atoms with Gasteiger partial charge in [0.05, 0.1) is 54.6 Å². The van der Waals surface area contributed by atoms with Crippen molar-refractivity contribution < 1.29 is 80.1 Å². The molecule has 3 aromatic rings. The number of alkyl halides is 3. The van der Waals surface area contributed by atoms with E-state index in [4.69, 9.17) is 30.1 Å². The second kappa shape index (κ2) is 30.9. The summed E-state index contributed by atoms with van der Waals surface area (Å²) in [6.07, 6.45) is -3.60. The predicted octanol–water partition coefficient (Wildman–Crippen LogP) is 0.345. The fourth-order valence-corrected chi connectivity index (χ4v) is 9.58. The molecular weight excluding hydrogens is 1250 g/mol. The number of aldehydes is 1. The smallest absolute Gasteiger partial charge is 0.480 e. The molecule has 4 unspecified atom stereocenters. The molecule has 7 amide bonds. The standard InChI is InChI=1S/C33H33F4N4O6.C11H13N3O6.C3H8N2O.C2H6.CH3NO.Pb/c1-5-7-25(42)38-14-47-29(33(35,36)37)31(44)40(4)23-9-8-17-15(3)21(34)11-22-26(17)27(23)19-12-41-24(28(19)39-22)10-18-16(6-2)32(45)46-13-20(18)30(41)43;15-4-3-13-11(20)7(5-12-6-10(18)19)14-8(16)1-2-9(14)17;1-5-2-3(4)6;1-2;2-1-3;/h10-11,16,23,29H,1,5-9,12-14H2,2-4H3,(H,38,42);1-2,4,7,12H,3,5-6H2,(H,13,20)(H,18,19);5H,2H2,1H3,(H2,4,6);1-2H3;1H,(H2,2,3);. The van der Waals surface area contributed by atoms with Crippen LogP contribution in [-0.4, -0.2) is 176 Å². The molecular formula is C50H63F4N10O14Pb. The number of pyridine rings is 2. The van der Waals surface area contributed by atoms with E-state index >= 15 is 4.39 Å². The Labute approximate surface area is 466 Å². The normalized spacial score (nSPS) is 16.0. The topological polar surface area (TPSA) is 351 Å². The fraction of sp³-hybridized carbons (Fsp3) is 0.480. The van der Waals surface area contributed by atoms with Gasteiger partial charge in [-0.25, -0.2) is 9.37 Å². The molecule has 1 aliphatic carbocycles. The summed E-state index contributed by atoms with van der Waals surface area (Å²) in [5.41, 5.74) is 12.4. The molecule has 9 N–H and O–H groups in total. The zero-order valence-electron chi connectivity index (χ0n) is 44.2. The van der Waals surface area contributed by atoms with Gasteiger partial charge >= 0.3 is 148 Å². The van der Waals surface area contributed by atoms with E-state index in [0.29, 0.717) is 74.2 Å². The van der Waals surface area contributed by atoms with E-state index in [2.05, 4.69) is 27.0 Å². The van der Waals surface area contributed by atoms with Gasteiger partial charge in [0.25, 0.3) is 17.4 Å². The number of esters is 1. The molecule has 429 valence electrons. The number of hydrogen-bond acceptors (Lipinski definition) is 16. The summed E-state index contributed by atoms with van der Waals surface area (Å²) in [4.78, 5) is 132. The number of ether oxygens (including phenoxy) is 2. The first kappa shape index (κ1) is 66.2. The molecule has 29 heteroatoms. The van der Waals surface area contributed by atoms with Gasteiger partial charge in [-0.1, -0.05) is 20.8 Å². The minimum Gasteiger partial charge on any atom is -0.480 e. The number of carbonyl (C=O) groups is 10. The third kappa shape index (κ3) is 16.5. The first-order valence-corrected chi connectivity index (χ1v) is 27.4. The number of aromatic nitrogens is 2. The molecule has 1 aromatic carbocycles. The first-order valence-electron chi connectivity index (χ1n) is 24.7. The number of aryl methyl sites for hydroxylation is 1. The molecule has 0 bridgehead atoms. The number of nitrogens with zero attached hydrogens (tertiary/aromatic N) is 4. The molecule has 4 aliphatic rings. The molecule has 3 aliphatic heterocycles. The number of halogens is 4. The summed E-state index contributed by atoms with van der Waals surface area (Å²) in [5, 5.41) is 18.6. The van der Waals surface area contributed by atoms with Crippen molar-refractivity contribution in [1.29, 1.82) is 0 Å². The number of primary amides is 2. The molecule has 4 atom stereocenters. The zero-order valence-corrected chi connectivity index (χ0v) is 48.1. The fourth-order valence-electron chi connectivity index (χ4n) is 8.90. The van der Waals surface area contributed by atoms with Crippen LogP contribution in [-0.2, 0) is 77.0 Å². The van der Waals surface area contributed by atoms with Crippen molar-refractivity contribution in [2.24, 2.45) is 11.5 Å². The van der Waals surface area contributed by atoms with Crippen molar-refractivity contribution in [3.8, 4) is 11.4 Å². The summed E-state index contributed by atoms with van der Waals surface area (Å²) in [7, 11) is 2.94. The number of nitrogens with two attached hydrogens (primary N) is 2. The zero-order chi connectivity index (χ0) is 59.5. The second-order valence-electron chi connectivity index (χ2n) is 17.3. The van der Waals surface area contributed by atoms with Crippen LogP contribution in [0.25, 0.3) is 22.3 Å². The van der Waals surface area contributed by atoms with Crippen molar-refractivity contribution >= 4 is 96.7 Å². The van der Waals surface area contributed by atoms with E-state index < -0.39 is 90.8 Å². The Hall–Kier alpha value is -7.06. The minimum absolute atomic E-state index is 0.0136. The molecule has 0 saturated carbocycles. The number of benzene rings is 1. The summed E-state index contributed by atoms with van der Waals surface area (Å²) >= 11 is 0.897. The van der Waals surface area contributed by atoms with Gasteiger partial charge in [0, 0.05) is 35.7 Å². The maximum atomic E-state index is 15.2. The van der Waals surface area contributed by atoms with E-state index in [9.17, 15) is 61.1 Å². The Morgan fingerprint density at radius 3 is 2.23 bits per heavy atom. The third-order valence-electron chi connectivity index (χ3n) is 12.4. The summed E-state index contributed by atoms with van der Waals surface area (Å²) in [5.74, 6) is -6.94. The van der Waals surface area contributed by atoms with Gasteiger partial charge in [0.2, 0.25) is 18.2 Å². The predicted molar refractivity (Wildman–Crippen MR) is 275 cm³/mol. The van der Waals surface area contributed by atoms with E-state index in [1.807, 2.05) is 13.8 Å². The summed E-state index contributed by atoms with van der Waals surface area (Å²) < 4.78 is 70.6. The SMILES string of the molecule is CC.CCC1C(=O)OCc2c1cc1n(c2=O)Cc2c-1nc1cc(F)c(C)c3c1c2C(N(C)C(=O)C(OCNC(=O)CC[CH2][Pb])C(F)(F)F)CC3.CNCC(N)=O.NC=O.O=CCNC(=O)C(CNCC(=O)O)N1C(=O)C=CC1=O. The number of carboxylic acids is 1. The molecule has 5 heterocycles. The Bertz CT molecular complexity index is 2870. The Balaban J connectivity index is 0.000000437. The third-order valence-corrected chi connectivity index (χ3v) is 13.8. The van der Waals surface area contributed by atoms with Gasteiger partial charge in [0.15, 0.2) is 0 Å². The van der Waals surface area contributed by atoms with E-state index in [-0.39, 0.29) is 75.4 Å². The van der Waals surface area contributed by atoms with Crippen LogP contribution < -0.4 is 38.3 Å². The Kier molecular flexibility index (Phi) is 25.9. The van der Waals surface area contributed by atoms with Crippen LogP contribution in [0.4, 0.5) is 17.6 Å². The molecule has 0 fully saturated rings. The van der Waals surface area contributed by atoms with E-state index in [1.54, 1.807) is 27.0 Å². The van der Waals surface area contributed by atoms with Gasteiger partial charge < -0.3 is 46.6 Å². The van der Waals surface area contributed by atoms with Crippen molar-refractivity contribution in [3.05, 3.63) is 73.8 Å². The molecule has 0 spiro atoms. The Morgan fingerprint density at radius 2 is 1.68 bits per heavy atom. The van der Waals surface area contributed by atoms with Gasteiger partial charge in [-0.15, -0.1) is 0 Å². The van der Waals surface area contributed by atoms with Crippen molar-refractivity contribution in [2.45, 2.75) is 107 Å². The van der Waals surface area contributed by atoms with E-state index in [1.165, 1.54) is 17.7 Å². The molecule has 24 nitrogen and oxygen atoms in total. The molecule has 3 radical (unpaired) electrons. The average Bonchev–Trinajstić information content (AvgIpc) is 4.10. The van der Waals surface area contributed by atoms with Crippen LogP contribution in [0.3, 0.4) is 0 Å². The number of cyclic esters (lactones) is 1. The van der Waals surface area contributed by atoms with Gasteiger partial charge in [0.1, 0.15) is 24.8 Å². The van der Waals surface area contributed by atoms with Crippen LogP contribution in [0.5, 0.6) is 0 Å². The monoisotopic (exact) mass is 1310 g/mol. The quantitative estimate of drug-likeness (QED) is 0.0166. The van der Waals surface area contributed by atoms with Crippen molar-refractivity contribution in [1.82, 2.24) is 40.6 Å². The number of amides is 7. The average molecular weight is 1310 g/mol. The van der Waals surface area contributed by atoms with Gasteiger partial charge in [-0.3, -0.25) is 43.3 Å². The van der Waals surface area contributed by atoms with Crippen molar-refractivity contribution in [3.63, 3.8) is 0 Å². The first-order chi connectivity index (χ1) is 37.4. The number of fused-ring (bicyclic) bond motifs is 5. The van der Waals surface area contributed by atoms with Crippen LogP contribution in [0.1, 0.15) is 91.8 Å². The molecule has 0 saturated heterocycles. The van der Waals surface area contributed by atoms with Gasteiger partial charge in [-0.05, 0) is 49.6 Å². The molecule has 2 aromatic heterocycles. The number of nitrogens with one attached hydrogen (secondary N) is 4.